The third-order valence-electron chi connectivity index (χ3n) is 2.34. The predicted octanol–water partition coefficient (Wildman–Crippen LogP) is 2.54. The van der Waals surface area contributed by atoms with Gasteiger partial charge in [0.05, 0.1) is 5.56 Å². The lowest BCUT2D eigenvalue weighted by atomic mass is 10.2. The molecular weight excluding hydrogens is 316 g/mol. The lowest BCUT2D eigenvalue weighted by Crippen LogP contribution is -2.14. The summed E-state index contributed by atoms with van der Waals surface area (Å²) < 4.78 is 9.38. The van der Waals surface area contributed by atoms with E-state index in [0.29, 0.717) is 16.7 Å². The highest BCUT2D eigenvalue weighted by Gasteiger charge is 2.05. The molecule has 1 aromatic carbocycles. The molecule has 0 unspecified atom stereocenters. The molecule has 0 aliphatic rings. The Morgan fingerprint density at radius 1 is 0.917 bits per heavy atom. The van der Waals surface area contributed by atoms with Crippen molar-refractivity contribution in [2.24, 2.45) is 0 Å². The van der Waals surface area contributed by atoms with Crippen LogP contribution >= 0.6 is 0 Å². The molecule has 0 spiro atoms. The Hall–Kier alpha value is -2.93. The molecule has 0 aromatic heterocycles. The van der Waals surface area contributed by atoms with Crippen LogP contribution in [0, 0.1) is 0 Å². The summed E-state index contributed by atoms with van der Waals surface area (Å²) in [5, 5.41) is 7.94. The Morgan fingerprint density at radius 3 is 1.67 bits per heavy atom. The Morgan fingerprint density at radius 2 is 1.33 bits per heavy atom. The maximum absolute atomic E-state index is 10.8. The summed E-state index contributed by atoms with van der Waals surface area (Å²) in [4.78, 5) is 35.7. The van der Waals surface area contributed by atoms with Gasteiger partial charge in [-0.2, -0.15) is 5.26 Å². The van der Waals surface area contributed by atoms with Crippen molar-refractivity contribution in [1.29, 1.82) is 0 Å². The minimum atomic E-state index is -0.736. The molecule has 0 atom stereocenters. The highest BCUT2D eigenvalue weighted by atomic mass is 17.1. The topological polar surface area (TPSA) is 99.1 Å². The molecule has 0 aliphatic carbocycles. The van der Waals surface area contributed by atoms with Crippen molar-refractivity contribution in [3.8, 4) is 0 Å². The van der Waals surface area contributed by atoms with Crippen LogP contribution in [0.2, 0.25) is 0 Å². The zero-order valence-electron chi connectivity index (χ0n) is 13.6. The normalized spacial score (nSPS) is 8.96. The number of carbonyl (C=O) groups is 3. The molecule has 7 nitrogen and oxygen atoms in total. The summed E-state index contributed by atoms with van der Waals surface area (Å²) in [6.07, 6.45) is 0. The highest BCUT2D eigenvalue weighted by molar-refractivity contribution is 5.88. The van der Waals surface area contributed by atoms with Gasteiger partial charge in [-0.25, -0.2) is 14.4 Å². The molecule has 0 saturated heterocycles. The summed E-state index contributed by atoms with van der Waals surface area (Å²) in [5.74, 6) is -1.71. The van der Waals surface area contributed by atoms with E-state index >= 15 is 0 Å². The van der Waals surface area contributed by atoms with Crippen molar-refractivity contribution in [3.05, 3.63) is 60.2 Å². The smallest absolute Gasteiger partial charge is 0.372 e. The lowest BCUT2D eigenvalue weighted by Gasteiger charge is -2.05. The molecule has 7 heteroatoms. The maximum Gasteiger partial charge on any atom is 0.372 e. The number of hydrogen-bond donors (Lipinski definition) is 1. The molecule has 1 rings (SSSR count). The molecular formula is C17H20O7. The second kappa shape index (κ2) is 11.6. The van der Waals surface area contributed by atoms with Crippen molar-refractivity contribution in [1.82, 2.24) is 0 Å². The first-order valence-electron chi connectivity index (χ1n) is 6.85. The van der Waals surface area contributed by atoms with E-state index in [0.717, 1.165) is 0 Å². The monoisotopic (exact) mass is 336 g/mol. The van der Waals surface area contributed by atoms with E-state index < -0.39 is 17.9 Å². The van der Waals surface area contributed by atoms with Crippen LogP contribution in [-0.4, -0.2) is 36.4 Å². The molecule has 0 aliphatic heterocycles. The minimum absolute atomic E-state index is 0.0325. The fraction of sp³-hybridized carbons (Fsp3) is 0.235. The zero-order chi connectivity index (χ0) is 18.5. The first-order chi connectivity index (χ1) is 11.3. The van der Waals surface area contributed by atoms with Crippen molar-refractivity contribution in [2.45, 2.75) is 13.8 Å². The summed E-state index contributed by atoms with van der Waals surface area (Å²) in [6.45, 7) is 9.95. The summed E-state index contributed by atoms with van der Waals surface area (Å²) in [6, 6.07) is 8.25. The highest BCUT2D eigenvalue weighted by Crippen LogP contribution is 1.98. The number of esters is 2. The third-order valence-corrected chi connectivity index (χ3v) is 2.34. The zero-order valence-corrected chi connectivity index (χ0v) is 13.6. The van der Waals surface area contributed by atoms with E-state index in [4.69, 9.17) is 5.26 Å². The molecule has 0 fully saturated rings. The Balaban J connectivity index is 0.000000463. The molecule has 0 heterocycles. The second-order valence-corrected chi connectivity index (χ2v) is 4.58. The molecule has 1 N–H and O–H groups in total. The Bertz CT molecular complexity index is 562. The first-order valence-corrected chi connectivity index (χ1v) is 6.85. The van der Waals surface area contributed by atoms with Crippen molar-refractivity contribution in [2.75, 3.05) is 13.2 Å². The van der Waals surface area contributed by atoms with Gasteiger partial charge in [-0.1, -0.05) is 31.4 Å². The summed E-state index contributed by atoms with van der Waals surface area (Å²) in [7, 11) is 0. The van der Waals surface area contributed by atoms with Crippen LogP contribution in [0.1, 0.15) is 24.2 Å². The maximum atomic E-state index is 10.8. The third kappa shape index (κ3) is 9.16. The molecule has 0 bridgehead atoms. The largest absolute Gasteiger partial charge is 0.459 e. The van der Waals surface area contributed by atoms with Gasteiger partial charge >= 0.3 is 17.9 Å². The van der Waals surface area contributed by atoms with Crippen LogP contribution in [-0.2, 0) is 24.0 Å². The number of rotatable bonds is 6. The van der Waals surface area contributed by atoms with Crippen LogP contribution in [0.15, 0.2) is 54.6 Å². The van der Waals surface area contributed by atoms with Gasteiger partial charge in [0.1, 0.15) is 13.2 Å². The van der Waals surface area contributed by atoms with Crippen LogP contribution in [0.4, 0.5) is 0 Å². The van der Waals surface area contributed by atoms with Gasteiger partial charge in [-0.05, 0) is 26.0 Å². The molecule has 24 heavy (non-hydrogen) atoms. The van der Waals surface area contributed by atoms with Crippen LogP contribution in [0.25, 0.3) is 0 Å². The molecule has 1 aromatic rings. The predicted molar refractivity (Wildman–Crippen MR) is 86.0 cm³/mol. The van der Waals surface area contributed by atoms with Crippen molar-refractivity contribution >= 4 is 17.9 Å². The standard InChI is InChI=1S/C10H14O4.C7H6O3/c1-7(2)9(11)13-5-6-14-10(12)8(3)4;8-7(10-9)6-4-2-1-3-5-6/h1,3,5-6H2,2,4H3;1-5,9H. The summed E-state index contributed by atoms with van der Waals surface area (Å²) >= 11 is 0. The number of benzene rings is 1. The Kier molecular flexibility index (Phi) is 10.2. The van der Waals surface area contributed by atoms with E-state index in [1.165, 1.54) is 0 Å². The fourth-order valence-electron chi connectivity index (χ4n) is 1.14. The van der Waals surface area contributed by atoms with Crippen molar-refractivity contribution < 1.29 is 34.0 Å². The van der Waals surface area contributed by atoms with Crippen molar-refractivity contribution in [3.63, 3.8) is 0 Å². The number of hydrogen-bond acceptors (Lipinski definition) is 7. The number of ether oxygens (including phenoxy) is 2. The van der Waals surface area contributed by atoms with Gasteiger partial charge in [-0.15, -0.1) is 0 Å². The SMILES string of the molecule is C=C(C)C(=O)OCCOC(=O)C(=C)C.O=C(OO)c1ccccc1. The average molecular weight is 336 g/mol. The van der Waals surface area contributed by atoms with E-state index in [2.05, 4.69) is 27.5 Å². The molecule has 0 saturated carbocycles. The first kappa shape index (κ1) is 21.1. The minimum Gasteiger partial charge on any atom is -0.459 e. The van der Waals surface area contributed by atoms with Crippen LogP contribution in [0.5, 0.6) is 0 Å². The van der Waals surface area contributed by atoms with Gasteiger partial charge < -0.3 is 9.47 Å². The van der Waals surface area contributed by atoms with Gasteiger partial charge in [0, 0.05) is 11.1 Å². The van der Waals surface area contributed by atoms with Crippen LogP contribution in [0.3, 0.4) is 0 Å². The van der Waals surface area contributed by atoms with Gasteiger partial charge in [0.25, 0.3) is 0 Å². The molecule has 0 amide bonds. The lowest BCUT2D eigenvalue weighted by molar-refractivity contribution is -0.182. The van der Waals surface area contributed by atoms with Gasteiger partial charge in [-0.3, -0.25) is 4.89 Å². The second-order valence-electron chi connectivity index (χ2n) is 4.58. The van der Waals surface area contributed by atoms with E-state index in [1.54, 1.807) is 44.2 Å². The van der Waals surface area contributed by atoms with E-state index in [1.807, 2.05) is 0 Å². The average Bonchev–Trinajstić information content (AvgIpc) is 2.58. The van der Waals surface area contributed by atoms with E-state index in [9.17, 15) is 14.4 Å². The summed E-state index contributed by atoms with van der Waals surface area (Å²) in [5.41, 5.74) is 0.970. The Labute approximate surface area is 140 Å². The van der Waals surface area contributed by atoms with Crippen LogP contribution < -0.4 is 0 Å². The van der Waals surface area contributed by atoms with Gasteiger partial charge in [0.15, 0.2) is 0 Å². The fourth-order valence-corrected chi connectivity index (χ4v) is 1.14. The molecule has 0 radical (unpaired) electrons. The van der Waals surface area contributed by atoms with Gasteiger partial charge in [0.2, 0.25) is 0 Å². The number of carbonyl (C=O) groups excluding carboxylic acids is 3. The molecule has 130 valence electrons. The quantitative estimate of drug-likeness (QED) is 0.213. The van der Waals surface area contributed by atoms with E-state index in [-0.39, 0.29) is 13.2 Å².